The average Bonchev–Trinajstić information content (AvgIpc) is 3.20. The standard InChI is InChI=1S/C54H78N4/c1-13-17-21-25-55-31-39(5)43(9)51(35-55)47-29-49(53-37-57(27-23-19-15-3)33-41(7)45(53)11)50(54-38-58(28-24-20-16-4)34-42(8)46(54)12)30-48(47)52-36-56(26-22-18-14-2)32-40(6)44(52)10/h29-38H,13-28H2,1-12H3/q+4. The maximum atomic E-state index is 2.60. The van der Waals surface area contributed by atoms with E-state index in [0.717, 1.165) is 26.2 Å². The van der Waals surface area contributed by atoms with Gasteiger partial charge in [-0.25, -0.2) is 18.3 Å². The van der Waals surface area contributed by atoms with E-state index in [-0.39, 0.29) is 0 Å². The van der Waals surface area contributed by atoms with Crippen molar-refractivity contribution in [3.63, 3.8) is 0 Å². The van der Waals surface area contributed by atoms with Crippen LogP contribution in [-0.2, 0) is 26.2 Å². The van der Waals surface area contributed by atoms with E-state index in [0.29, 0.717) is 0 Å². The van der Waals surface area contributed by atoms with Crippen LogP contribution in [0.3, 0.4) is 0 Å². The lowest BCUT2D eigenvalue weighted by atomic mass is 9.82. The Morgan fingerprint density at radius 3 is 0.672 bits per heavy atom. The van der Waals surface area contributed by atoms with Gasteiger partial charge in [-0.2, -0.15) is 0 Å². The first-order chi connectivity index (χ1) is 27.9. The van der Waals surface area contributed by atoms with Crippen LogP contribution in [0.4, 0.5) is 0 Å². The summed E-state index contributed by atoms with van der Waals surface area (Å²) in [6.07, 6.45) is 34.0. The second-order valence-electron chi connectivity index (χ2n) is 17.6. The van der Waals surface area contributed by atoms with Crippen LogP contribution in [0.15, 0.2) is 61.7 Å². The molecule has 0 fully saturated rings. The van der Waals surface area contributed by atoms with Crippen molar-refractivity contribution >= 4 is 0 Å². The number of hydrogen-bond acceptors (Lipinski definition) is 0. The molecular formula is C54H78N4+4. The maximum Gasteiger partial charge on any atom is 0.176 e. The van der Waals surface area contributed by atoms with E-state index >= 15 is 0 Å². The Morgan fingerprint density at radius 1 is 0.276 bits per heavy atom. The molecule has 0 atom stereocenters. The topological polar surface area (TPSA) is 15.5 Å². The zero-order chi connectivity index (χ0) is 41.9. The molecule has 4 nitrogen and oxygen atoms in total. The number of unbranched alkanes of at least 4 members (excludes halogenated alkanes) is 8. The highest BCUT2D eigenvalue weighted by molar-refractivity contribution is 5.96. The van der Waals surface area contributed by atoms with Crippen molar-refractivity contribution in [3.05, 3.63) is 106 Å². The average molecular weight is 783 g/mol. The maximum absolute atomic E-state index is 2.60. The molecule has 0 radical (unpaired) electrons. The van der Waals surface area contributed by atoms with Gasteiger partial charge in [0.25, 0.3) is 0 Å². The number of pyridine rings is 4. The number of hydrogen-bond donors (Lipinski definition) is 0. The van der Waals surface area contributed by atoms with Gasteiger partial charge in [0.15, 0.2) is 49.6 Å². The molecular weight excluding hydrogens is 705 g/mol. The van der Waals surface area contributed by atoms with Crippen molar-refractivity contribution in [1.29, 1.82) is 0 Å². The largest absolute Gasteiger partial charge is 0.204 e. The SMILES string of the molecule is CCCCC[n+]1cc(C)c(C)c(-c2cc(-c3c[n+](CCCCC)cc(C)c3C)c(-c3c[n+](CCCCC)cc(C)c3C)cc2-c2c[n+](CCCCC)cc(C)c2C)c1. The third kappa shape index (κ3) is 10.7. The molecule has 0 saturated heterocycles. The van der Waals surface area contributed by atoms with E-state index in [1.807, 2.05) is 0 Å². The molecule has 0 aliphatic rings. The molecule has 0 aliphatic heterocycles. The number of aromatic nitrogens is 4. The summed E-state index contributed by atoms with van der Waals surface area (Å²) < 4.78 is 9.90. The molecule has 4 heteroatoms. The van der Waals surface area contributed by atoms with E-state index in [4.69, 9.17) is 0 Å². The molecule has 0 N–H and O–H groups in total. The monoisotopic (exact) mass is 783 g/mol. The number of nitrogens with zero attached hydrogens (tertiary/aromatic N) is 4. The zero-order valence-electron chi connectivity index (χ0n) is 38.9. The van der Waals surface area contributed by atoms with Crippen LogP contribution in [0.5, 0.6) is 0 Å². The van der Waals surface area contributed by atoms with Crippen LogP contribution >= 0.6 is 0 Å². The second-order valence-corrected chi connectivity index (χ2v) is 17.6. The minimum absolute atomic E-state index is 1.04. The third-order valence-electron chi connectivity index (χ3n) is 13.0. The Hall–Kier alpha value is -4.18. The summed E-state index contributed by atoms with van der Waals surface area (Å²) in [5, 5.41) is 0. The van der Waals surface area contributed by atoms with Crippen molar-refractivity contribution in [3.8, 4) is 44.5 Å². The van der Waals surface area contributed by atoms with E-state index in [9.17, 15) is 0 Å². The summed E-state index contributed by atoms with van der Waals surface area (Å²) in [6, 6.07) is 5.21. The third-order valence-corrected chi connectivity index (χ3v) is 13.0. The summed E-state index contributed by atoms with van der Waals surface area (Å²) in [5.41, 5.74) is 21.6. The van der Waals surface area contributed by atoms with Gasteiger partial charge < -0.3 is 0 Å². The van der Waals surface area contributed by atoms with Crippen molar-refractivity contribution in [2.45, 2.75) is 186 Å². The number of rotatable bonds is 20. The lowest BCUT2D eigenvalue weighted by Crippen LogP contribution is -2.35. The highest BCUT2D eigenvalue weighted by Crippen LogP contribution is 2.45. The van der Waals surface area contributed by atoms with Gasteiger partial charge in [-0.1, -0.05) is 53.4 Å². The molecule has 0 spiro atoms. The van der Waals surface area contributed by atoms with Gasteiger partial charge >= 0.3 is 0 Å². The van der Waals surface area contributed by atoms with Crippen molar-refractivity contribution in [2.24, 2.45) is 0 Å². The van der Waals surface area contributed by atoms with Gasteiger partial charge in [-0.05, 0) is 138 Å². The molecule has 0 saturated carbocycles. The van der Waals surface area contributed by atoms with Gasteiger partial charge in [-0.15, -0.1) is 0 Å². The Balaban J connectivity index is 1.94. The van der Waals surface area contributed by atoms with Crippen LogP contribution < -0.4 is 18.3 Å². The first-order valence-electron chi connectivity index (χ1n) is 23.1. The highest BCUT2D eigenvalue weighted by atomic mass is 14.9. The van der Waals surface area contributed by atoms with Crippen LogP contribution in [0.2, 0.25) is 0 Å². The Morgan fingerprint density at radius 2 is 0.483 bits per heavy atom. The Bertz CT molecular complexity index is 1870. The smallest absolute Gasteiger partial charge is 0.176 e. The summed E-state index contributed by atoms with van der Waals surface area (Å²) >= 11 is 0. The first kappa shape index (κ1) is 44.9. The van der Waals surface area contributed by atoms with Crippen LogP contribution in [0.25, 0.3) is 44.5 Å². The van der Waals surface area contributed by atoms with Gasteiger partial charge in [-0.3, -0.25) is 0 Å². The zero-order valence-corrected chi connectivity index (χ0v) is 38.9. The number of aryl methyl sites for hydroxylation is 8. The fourth-order valence-corrected chi connectivity index (χ4v) is 8.70. The minimum Gasteiger partial charge on any atom is -0.204 e. The molecule has 0 aliphatic carbocycles. The first-order valence-corrected chi connectivity index (χ1v) is 23.1. The lowest BCUT2D eigenvalue weighted by Gasteiger charge is -2.21. The highest BCUT2D eigenvalue weighted by Gasteiger charge is 2.27. The van der Waals surface area contributed by atoms with Crippen molar-refractivity contribution < 1.29 is 18.3 Å². The molecule has 0 unspecified atom stereocenters. The molecule has 5 aromatic rings. The summed E-state index contributed by atoms with van der Waals surface area (Å²) in [4.78, 5) is 0. The number of benzene rings is 1. The quantitative estimate of drug-likeness (QED) is 0.0552. The van der Waals surface area contributed by atoms with Crippen LogP contribution in [0.1, 0.15) is 149 Å². The summed E-state index contributed by atoms with van der Waals surface area (Å²) in [7, 11) is 0. The van der Waals surface area contributed by atoms with E-state index in [2.05, 4.69) is 163 Å². The molecule has 5 rings (SSSR count). The summed E-state index contributed by atoms with van der Waals surface area (Å²) in [6.45, 7) is 32.0. The molecule has 4 aromatic heterocycles. The molecule has 0 amide bonds. The van der Waals surface area contributed by atoms with Gasteiger partial charge in [0.05, 0.1) is 0 Å². The van der Waals surface area contributed by atoms with Gasteiger partial charge in [0.2, 0.25) is 0 Å². The Kier molecular flexibility index (Phi) is 16.4. The van der Waals surface area contributed by atoms with Gasteiger partial charge in [0, 0.05) is 70.2 Å². The predicted octanol–water partition coefficient (Wildman–Crippen LogP) is 12.7. The molecule has 310 valence electrons. The fraction of sp³-hybridized carbons (Fsp3) is 0.519. The van der Waals surface area contributed by atoms with Gasteiger partial charge in [0.1, 0.15) is 26.2 Å². The molecule has 1 aromatic carbocycles. The lowest BCUT2D eigenvalue weighted by molar-refractivity contribution is -0.697. The van der Waals surface area contributed by atoms with E-state index in [1.54, 1.807) is 0 Å². The fourth-order valence-electron chi connectivity index (χ4n) is 8.70. The van der Waals surface area contributed by atoms with Crippen LogP contribution in [-0.4, -0.2) is 0 Å². The molecule has 4 heterocycles. The van der Waals surface area contributed by atoms with Crippen molar-refractivity contribution in [1.82, 2.24) is 0 Å². The molecule has 58 heavy (non-hydrogen) atoms. The second kappa shape index (κ2) is 21.2. The normalized spacial score (nSPS) is 11.5. The molecule has 0 bridgehead atoms. The summed E-state index contributed by atoms with van der Waals surface area (Å²) in [5.74, 6) is 0. The minimum atomic E-state index is 1.04. The van der Waals surface area contributed by atoms with E-state index in [1.165, 1.54) is 166 Å². The van der Waals surface area contributed by atoms with Crippen LogP contribution in [0, 0.1) is 55.4 Å². The van der Waals surface area contributed by atoms with Crippen molar-refractivity contribution in [2.75, 3.05) is 0 Å². The predicted molar refractivity (Wildman–Crippen MR) is 245 cm³/mol. The van der Waals surface area contributed by atoms with E-state index < -0.39 is 0 Å². The Labute approximate surface area is 354 Å².